The molecule has 0 aliphatic carbocycles. The van der Waals surface area contributed by atoms with Crippen molar-refractivity contribution in [2.45, 2.75) is 18.7 Å². The monoisotopic (exact) mass is 295 g/mol. The SMILES string of the molecule is Cc1ccc(S(=O)(=O)Nc2cc(F)ccc2O)cc1C. The summed E-state index contributed by atoms with van der Waals surface area (Å²) in [5.74, 6) is -0.973. The van der Waals surface area contributed by atoms with Crippen molar-refractivity contribution in [1.82, 2.24) is 0 Å². The minimum absolute atomic E-state index is 0.0595. The largest absolute Gasteiger partial charge is 0.506 e. The van der Waals surface area contributed by atoms with Gasteiger partial charge in [-0.1, -0.05) is 6.07 Å². The maximum Gasteiger partial charge on any atom is 0.262 e. The molecular weight excluding hydrogens is 281 g/mol. The highest BCUT2D eigenvalue weighted by molar-refractivity contribution is 7.92. The summed E-state index contributed by atoms with van der Waals surface area (Å²) in [5.41, 5.74) is 1.61. The molecule has 0 aliphatic rings. The first-order chi connectivity index (χ1) is 9.29. The molecule has 106 valence electrons. The Morgan fingerprint density at radius 3 is 2.40 bits per heavy atom. The first kappa shape index (κ1) is 14.3. The second-order valence-electron chi connectivity index (χ2n) is 4.51. The van der Waals surface area contributed by atoms with Crippen LogP contribution in [0.5, 0.6) is 5.75 Å². The molecule has 0 bridgehead atoms. The van der Waals surface area contributed by atoms with Crippen LogP contribution in [0, 0.1) is 19.7 Å². The number of nitrogens with one attached hydrogen (secondary N) is 1. The molecule has 2 aromatic carbocycles. The van der Waals surface area contributed by atoms with Crippen LogP contribution in [0.4, 0.5) is 10.1 Å². The Kier molecular flexibility index (Phi) is 3.67. The van der Waals surface area contributed by atoms with E-state index in [1.807, 2.05) is 6.92 Å². The summed E-state index contributed by atoms with van der Waals surface area (Å²) in [5, 5.41) is 9.55. The van der Waals surface area contributed by atoms with Gasteiger partial charge in [-0.15, -0.1) is 0 Å². The van der Waals surface area contributed by atoms with E-state index >= 15 is 0 Å². The van der Waals surface area contributed by atoms with E-state index in [1.54, 1.807) is 13.0 Å². The average molecular weight is 295 g/mol. The van der Waals surface area contributed by atoms with Gasteiger partial charge in [0.15, 0.2) is 0 Å². The van der Waals surface area contributed by atoms with Crippen LogP contribution in [0.3, 0.4) is 0 Å². The molecule has 0 aliphatic heterocycles. The van der Waals surface area contributed by atoms with Crippen LogP contribution in [-0.4, -0.2) is 13.5 Å². The predicted octanol–water partition coefficient (Wildman–Crippen LogP) is 2.95. The summed E-state index contributed by atoms with van der Waals surface area (Å²) in [7, 11) is -3.87. The lowest BCUT2D eigenvalue weighted by Crippen LogP contribution is -2.13. The minimum atomic E-state index is -3.87. The summed E-state index contributed by atoms with van der Waals surface area (Å²) in [4.78, 5) is 0.0595. The van der Waals surface area contributed by atoms with Crippen molar-refractivity contribution in [3.63, 3.8) is 0 Å². The fourth-order valence-electron chi connectivity index (χ4n) is 1.67. The third-order valence-electron chi connectivity index (χ3n) is 2.99. The van der Waals surface area contributed by atoms with Gasteiger partial charge in [0.2, 0.25) is 0 Å². The number of rotatable bonds is 3. The number of benzene rings is 2. The lowest BCUT2D eigenvalue weighted by molar-refractivity contribution is 0.475. The molecule has 0 fully saturated rings. The summed E-state index contributed by atoms with van der Waals surface area (Å²) in [6.45, 7) is 3.67. The van der Waals surface area contributed by atoms with E-state index in [0.29, 0.717) is 0 Å². The van der Waals surface area contributed by atoms with E-state index in [0.717, 1.165) is 29.3 Å². The van der Waals surface area contributed by atoms with Gasteiger partial charge in [0.05, 0.1) is 10.6 Å². The molecule has 2 rings (SSSR count). The van der Waals surface area contributed by atoms with E-state index in [4.69, 9.17) is 0 Å². The first-order valence-electron chi connectivity index (χ1n) is 5.88. The number of anilines is 1. The van der Waals surface area contributed by atoms with E-state index in [2.05, 4.69) is 4.72 Å². The molecule has 0 saturated heterocycles. The third-order valence-corrected chi connectivity index (χ3v) is 4.35. The van der Waals surface area contributed by atoms with E-state index in [9.17, 15) is 17.9 Å². The van der Waals surface area contributed by atoms with Crippen LogP contribution in [0.15, 0.2) is 41.3 Å². The van der Waals surface area contributed by atoms with Gasteiger partial charge < -0.3 is 5.11 Å². The lowest BCUT2D eigenvalue weighted by atomic mass is 10.1. The van der Waals surface area contributed by atoms with Crippen molar-refractivity contribution < 1.29 is 17.9 Å². The van der Waals surface area contributed by atoms with E-state index in [1.165, 1.54) is 12.1 Å². The minimum Gasteiger partial charge on any atom is -0.506 e. The molecule has 0 saturated carbocycles. The highest BCUT2D eigenvalue weighted by atomic mass is 32.2. The second kappa shape index (κ2) is 5.13. The summed E-state index contributed by atoms with van der Waals surface area (Å²) in [6, 6.07) is 7.73. The number of aromatic hydroxyl groups is 1. The van der Waals surface area contributed by atoms with Crippen molar-refractivity contribution in [2.75, 3.05) is 4.72 Å². The Hall–Kier alpha value is -2.08. The van der Waals surface area contributed by atoms with Crippen LogP contribution in [-0.2, 0) is 10.0 Å². The first-order valence-corrected chi connectivity index (χ1v) is 7.36. The Labute approximate surface area is 116 Å². The number of hydrogen-bond acceptors (Lipinski definition) is 3. The fraction of sp³-hybridized carbons (Fsp3) is 0.143. The summed E-state index contributed by atoms with van der Waals surface area (Å²) >= 11 is 0. The fourth-order valence-corrected chi connectivity index (χ4v) is 2.82. The number of halogens is 1. The number of phenols is 1. The van der Waals surface area contributed by atoms with E-state index in [-0.39, 0.29) is 16.3 Å². The average Bonchev–Trinajstić information content (AvgIpc) is 2.36. The van der Waals surface area contributed by atoms with Crippen LogP contribution in [0.1, 0.15) is 11.1 Å². The van der Waals surface area contributed by atoms with Gasteiger partial charge in [-0.2, -0.15) is 0 Å². The molecular formula is C14H14FNO3S. The Balaban J connectivity index is 2.40. The van der Waals surface area contributed by atoms with Crippen molar-refractivity contribution in [1.29, 1.82) is 0 Å². The molecule has 4 nitrogen and oxygen atoms in total. The van der Waals surface area contributed by atoms with Gasteiger partial charge in [0.1, 0.15) is 11.6 Å². The van der Waals surface area contributed by atoms with Crippen LogP contribution < -0.4 is 4.72 Å². The molecule has 2 aromatic rings. The molecule has 0 heterocycles. The molecule has 2 N–H and O–H groups in total. The lowest BCUT2D eigenvalue weighted by Gasteiger charge is -2.11. The maximum absolute atomic E-state index is 13.1. The van der Waals surface area contributed by atoms with Gasteiger partial charge in [-0.25, -0.2) is 12.8 Å². The second-order valence-corrected chi connectivity index (χ2v) is 6.20. The van der Waals surface area contributed by atoms with Crippen LogP contribution in [0.25, 0.3) is 0 Å². The van der Waals surface area contributed by atoms with Gasteiger partial charge >= 0.3 is 0 Å². The zero-order valence-corrected chi connectivity index (χ0v) is 11.8. The van der Waals surface area contributed by atoms with E-state index < -0.39 is 15.8 Å². The molecule has 0 aromatic heterocycles. The van der Waals surface area contributed by atoms with Gasteiger partial charge in [0.25, 0.3) is 10.0 Å². The normalized spacial score (nSPS) is 11.3. The molecule has 0 spiro atoms. The standard InChI is InChI=1S/C14H14FNO3S/c1-9-3-5-12(7-10(9)2)20(18,19)16-13-8-11(15)4-6-14(13)17/h3-8,16-17H,1-2H3. The number of phenolic OH excluding ortho intramolecular Hbond substituents is 1. The van der Waals surface area contributed by atoms with Gasteiger partial charge in [-0.05, 0) is 49.2 Å². The van der Waals surface area contributed by atoms with Crippen molar-refractivity contribution in [2.24, 2.45) is 0 Å². The third kappa shape index (κ3) is 2.91. The molecule has 0 unspecified atom stereocenters. The van der Waals surface area contributed by atoms with Crippen LogP contribution >= 0.6 is 0 Å². The summed E-state index contributed by atoms with van der Waals surface area (Å²) in [6.07, 6.45) is 0. The van der Waals surface area contributed by atoms with Crippen LogP contribution in [0.2, 0.25) is 0 Å². The van der Waals surface area contributed by atoms with Gasteiger partial charge in [0, 0.05) is 6.07 Å². The quantitative estimate of drug-likeness (QED) is 0.856. The van der Waals surface area contributed by atoms with Crippen molar-refractivity contribution >= 4 is 15.7 Å². The Morgan fingerprint density at radius 1 is 1.05 bits per heavy atom. The highest BCUT2D eigenvalue weighted by Gasteiger charge is 2.17. The number of sulfonamides is 1. The molecule has 6 heteroatoms. The zero-order chi connectivity index (χ0) is 14.9. The smallest absolute Gasteiger partial charge is 0.262 e. The summed E-state index contributed by atoms with van der Waals surface area (Å²) < 4.78 is 39.6. The van der Waals surface area contributed by atoms with Crippen molar-refractivity contribution in [3.05, 3.63) is 53.3 Å². The highest BCUT2D eigenvalue weighted by Crippen LogP contribution is 2.26. The van der Waals surface area contributed by atoms with Gasteiger partial charge in [-0.3, -0.25) is 4.72 Å². The molecule has 0 radical (unpaired) electrons. The predicted molar refractivity (Wildman–Crippen MR) is 74.8 cm³/mol. The molecule has 20 heavy (non-hydrogen) atoms. The Bertz CT molecular complexity index is 757. The zero-order valence-electron chi connectivity index (χ0n) is 11.0. The number of aryl methyl sites for hydroxylation is 2. The number of hydrogen-bond donors (Lipinski definition) is 2. The molecule has 0 atom stereocenters. The van der Waals surface area contributed by atoms with Crippen molar-refractivity contribution in [3.8, 4) is 5.75 Å². The Morgan fingerprint density at radius 2 is 1.75 bits per heavy atom. The maximum atomic E-state index is 13.1. The topological polar surface area (TPSA) is 66.4 Å². The molecule has 0 amide bonds.